The molecule has 0 aromatic carbocycles. The van der Waals surface area contributed by atoms with Crippen LogP contribution in [-0.2, 0) is 6.54 Å². The van der Waals surface area contributed by atoms with Crippen LogP contribution in [0.1, 0.15) is 61.4 Å². The zero-order chi connectivity index (χ0) is 11.7. The van der Waals surface area contributed by atoms with Crippen molar-refractivity contribution in [3.8, 4) is 0 Å². The molecule has 0 amide bonds. The third-order valence-corrected chi connectivity index (χ3v) is 5.05. The summed E-state index contributed by atoms with van der Waals surface area (Å²) in [5.74, 6) is 1.61. The monoisotopic (exact) mass is 251 g/mol. The molecular formula is C13H21N3S. The quantitative estimate of drug-likeness (QED) is 0.893. The van der Waals surface area contributed by atoms with Gasteiger partial charge in [0.1, 0.15) is 10.0 Å². The van der Waals surface area contributed by atoms with Gasteiger partial charge < -0.3 is 5.32 Å². The number of hydrogen-bond acceptors (Lipinski definition) is 4. The zero-order valence-electron chi connectivity index (χ0n) is 10.5. The van der Waals surface area contributed by atoms with E-state index in [0.29, 0.717) is 5.92 Å². The number of rotatable bonds is 4. The Hall–Kier alpha value is -0.480. The summed E-state index contributed by atoms with van der Waals surface area (Å²) in [6.07, 6.45) is 8.02. The summed E-state index contributed by atoms with van der Waals surface area (Å²) in [5.41, 5.74) is 0. The molecule has 0 aliphatic heterocycles. The number of aromatic nitrogens is 2. The first kappa shape index (κ1) is 11.6. The summed E-state index contributed by atoms with van der Waals surface area (Å²) >= 11 is 1.83. The van der Waals surface area contributed by atoms with Crippen molar-refractivity contribution in [1.82, 2.24) is 15.5 Å². The summed E-state index contributed by atoms with van der Waals surface area (Å²) in [6, 6.07) is 0.762. The second-order valence-electron chi connectivity index (χ2n) is 5.65. The predicted molar refractivity (Wildman–Crippen MR) is 70.1 cm³/mol. The Balaban J connectivity index is 1.55. The van der Waals surface area contributed by atoms with Gasteiger partial charge in [0.2, 0.25) is 0 Å². The number of nitrogens with one attached hydrogen (secondary N) is 1. The first-order valence-electron chi connectivity index (χ1n) is 6.87. The van der Waals surface area contributed by atoms with Crippen LogP contribution >= 0.6 is 11.3 Å². The maximum absolute atomic E-state index is 4.39. The fourth-order valence-electron chi connectivity index (χ4n) is 2.53. The van der Waals surface area contributed by atoms with Crippen molar-refractivity contribution >= 4 is 11.3 Å². The average Bonchev–Trinajstić information content (AvgIpc) is 3.06. The van der Waals surface area contributed by atoms with Gasteiger partial charge in [-0.1, -0.05) is 31.1 Å². The summed E-state index contributed by atoms with van der Waals surface area (Å²) in [7, 11) is 0. The minimum atomic E-state index is 0.693. The smallest absolute Gasteiger partial charge is 0.131 e. The molecule has 2 fully saturated rings. The van der Waals surface area contributed by atoms with Crippen molar-refractivity contribution in [2.75, 3.05) is 0 Å². The molecule has 0 radical (unpaired) electrons. The Morgan fingerprint density at radius 3 is 2.59 bits per heavy atom. The van der Waals surface area contributed by atoms with Gasteiger partial charge in [0.15, 0.2) is 0 Å². The molecule has 0 saturated heterocycles. The summed E-state index contributed by atoms with van der Waals surface area (Å²) in [4.78, 5) is 0. The van der Waals surface area contributed by atoms with Gasteiger partial charge in [-0.15, -0.1) is 10.2 Å². The molecule has 0 spiro atoms. The Morgan fingerprint density at radius 2 is 1.88 bits per heavy atom. The molecule has 3 rings (SSSR count). The lowest BCUT2D eigenvalue weighted by molar-refractivity contribution is 0.346. The molecule has 4 heteroatoms. The molecule has 0 unspecified atom stereocenters. The second-order valence-corrected chi connectivity index (χ2v) is 6.74. The fraction of sp³-hybridized carbons (Fsp3) is 0.846. The maximum Gasteiger partial charge on any atom is 0.131 e. The normalized spacial score (nSPS) is 29.5. The molecule has 2 aliphatic carbocycles. The van der Waals surface area contributed by atoms with Crippen LogP contribution in [0.15, 0.2) is 0 Å². The third kappa shape index (κ3) is 3.05. The van der Waals surface area contributed by atoms with Crippen molar-refractivity contribution in [2.24, 2.45) is 5.92 Å². The Morgan fingerprint density at radius 1 is 1.12 bits per heavy atom. The lowest BCUT2D eigenvalue weighted by Gasteiger charge is -2.23. The molecule has 1 aromatic heterocycles. The van der Waals surface area contributed by atoms with Gasteiger partial charge in [-0.05, 0) is 31.6 Å². The SMILES string of the molecule is CC1CCC(c2nnc(CNC3CC3)s2)CC1. The van der Waals surface area contributed by atoms with Gasteiger partial charge in [0.05, 0.1) is 0 Å². The maximum atomic E-state index is 4.39. The van der Waals surface area contributed by atoms with Gasteiger partial charge in [0, 0.05) is 18.5 Å². The molecule has 94 valence electrons. The lowest BCUT2D eigenvalue weighted by Crippen LogP contribution is -2.14. The molecule has 17 heavy (non-hydrogen) atoms. The Bertz CT molecular complexity index is 364. The van der Waals surface area contributed by atoms with Crippen LogP contribution in [0.3, 0.4) is 0 Å². The molecule has 3 nitrogen and oxygen atoms in total. The van der Waals surface area contributed by atoms with Gasteiger partial charge in [-0.25, -0.2) is 0 Å². The van der Waals surface area contributed by atoms with Gasteiger partial charge in [-0.3, -0.25) is 0 Å². The van der Waals surface area contributed by atoms with Crippen molar-refractivity contribution in [1.29, 1.82) is 0 Å². The summed E-state index contributed by atoms with van der Waals surface area (Å²) < 4.78 is 0. The molecule has 0 atom stereocenters. The van der Waals surface area contributed by atoms with Crippen LogP contribution < -0.4 is 5.32 Å². The molecular weight excluding hydrogens is 230 g/mol. The van der Waals surface area contributed by atoms with Crippen molar-refractivity contribution in [3.63, 3.8) is 0 Å². The van der Waals surface area contributed by atoms with E-state index in [1.165, 1.54) is 48.5 Å². The van der Waals surface area contributed by atoms with Crippen LogP contribution in [0.5, 0.6) is 0 Å². The molecule has 0 bridgehead atoms. The Labute approximate surface area is 107 Å². The first-order chi connectivity index (χ1) is 8.31. The number of hydrogen-bond donors (Lipinski definition) is 1. The van der Waals surface area contributed by atoms with Gasteiger partial charge in [0.25, 0.3) is 0 Å². The first-order valence-corrected chi connectivity index (χ1v) is 7.68. The third-order valence-electron chi connectivity index (χ3n) is 3.97. The van der Waals surface area contributed by atoms with Crippen molar-refractivity contribution in [2.45, 2.75) is 64.0 Å². The highest BCUT2D eigenvalue weighted by atomic mass is 32.1. The average molecular weight is 251 g/mol. The highest BCUT2D eigenvalue weighted by Gasteiger charge is 2.24. The predicted octanol–water partition coefficient (Wildman–Crippen LogP) is 3.08. The van der Waals surface area contributed by atoms with Crippen LogP contribution in [0, 0.1) is 5.92 Å². The molecule has 1 heterocycles. The van der Waals surface area contributed by atoms with Crippen molar-refractivity contribution in [3.05, 3.63) is 10.0 Å². The van der Waals surface area contributed by atoms with Gasteiger partial charge >= 0.3 is 0 Å². The fourth-order valence-corrected chi connectivity index (χ4v) is 3.49. The van der Waals surface area contributed by atoms with E-state index < -0.39 is 0 Å². The number of nitrogens with zero attached hydrogens (tertiary/aromatic N) is 2. The van der Waals surface area contributed by atoms with Crippen LogP contribution in [0.4, 0.5) is 0 Å². The van der Waals surface area contributed by atoms with Gasteiger partial charge in [-0.2, -0.15) is 0 Å². The van der Waals surface area contributed by atoms with Crippen LogP contribution in [0.2, 0.25) is 0 Å². The van der Waals surface area contributed by atoms with Crippen LogP contribution in [-0.4, -0.2) is 16.2 Å². The van der Waals surface area contributed by atoms with E-state index in [-0.39, 0.29) is 0 Å². The highest BCUT2D eigenvalue weighted by molar-refractivity contribution is 7.11. The highest BCUT2D eigenvalue weighted by Crippen LogP contribution is 2.36. The summed E-state index contributed by atoms with van der Waals surface area (Å²) in [6.45, 7) is 3.28. The van der Waals surface area contributed by atoms with E-state index >= 15 is 0 Å². The summed E-state index contributed by atoms with van der Waals surface area (Å²) in [5, 5.41) is 14.7. The minimum Gasteiger partial charge on any atom is -0.308 e. The van der Waals surface area contributed by atoms with E-state index in [0.717, 1.165) is 18.5 Å². The molecule has 2 saturated carbocycles. The topological polar surface area (TPSA) is 37.8 Å². The lowest BCUT2D eigenvalue weighted by atomic mass is 9.83. The van der Waals surface area contributed by atoms with E-state index in [9.17, 15) is 0 Å². The standard InChI is InChI=1S/C13H21N3S/c1-9-2-4-10(5-3-9)13-16-15-12(17-13)8-14-11-6-7-11/h9-11,14H,2-8H2,1H3. The minimum absolute atomic E-state index is 0.693. The van der Waals surface area contributed by atoms with Crippen molar-refractivity contribution < 1.29 is 0 Å². The van der Waals surface area contributed by atoms with E-state index in [2.05, 4.69) is 22.4 Å². The Kier molecular flexibility index (Phi) is 3.43. The van der Waals surface area contributed by atoms with E-state index in [4.69, 9.17) is 0 Å². The largest absolute Gasteiger partial charge is 0.308 e. The zero-order valence-corrected chi connectivity index (χ0v) is 11.3. The van der Waals surface area contributed by atoms with E-state index in [1.807, 2.05) is 11.3 Å². The molecule has 2 aliphatic rings. The second kappa shape index (κ2) is 5.02. The van der Waals surface area contributed by atoms with E-state index in [1.54, 1.807) is 0 Å². The molecule has 1 aromatic rings. The molecule has 1 N–H and O–H groups in total. The van der Waals surface area contributed by atoms with Crippen LogP contribution in [0.25, 0.3) is 0 Å².